The van der Waals surface area contributed by atoms with Gasteiger partial charge in [0.1, 0.15) is 0 Å². The molecule has 0 spiro atoms. The van der Waals surface area contributed by atoms with E-state index in [9.17, 15) is 0 Å². The lowest BCUT2D eigenvalue weighted by Crippen LogP contribution is -2.31. The number of benzene rings is 1. The summed E-state index contributed by atoms with van der Waals surface area (Å²) < 4.78 is 0. The van der Waals surface area contributed by atoms with Crippen LogP contribution in [0.4, 0.5) is 5.69 Å². The van der Waals surface area contributed by atoms with Crippen molar-refractivity contribution in [3.63, 3.8) is 0 Å². The summed E-state index contributed by atoms with van der Waals surface area (Å²) >= 11 is 0. The fourth-order valence-corrected chi connectivity index (χ4v) is 1.51. The van der Waals surface area contributed by atoms with Gasteiger partial charge in [-0.3, -0.25) is 0 Å². The zero-order valence-corrected chi connectivity index (χ0v) is 10.4. The van der Waals surface area contributed by atoms with Gasteiger partial charge in [0.15, 0.2) is 0 Å². The van der Waals surface area contributed by atoms with Crippen molar-refractivity contribution in [1.82, 2.24) is 5.32 Å². The minimum Gasteiger partial charge on any atom is -0.395 e. The quantitative estimate of drug-likeness (QED) is 0.767. The van der Waals surface area contributed by atoms with Crippen molar-refractivity contribution in [2.45, 2.75) is 25.9 Å². The van der Waals surface area contributed by atoms with E-state index in [2.05, 4.69) is 41.4 Å². The average Bonchev–Trinajstić information content (AvgIpc) is 2.31. The number of nitrogens with one attached hydrogen (secondary N) is 1. The van der Waals surface area contributed by atoms with Crippen LogP contribution in [-0.2, 0) is 6.54 Å². The molecule has 0 saturated heterocycles. The maximum atomic E-state index is 9.05. The fourth-order valence-electron chi connectivity index (χ4n) is 1.51. The van der Waals surface area contributed by atoms with Crippen molar-refractivity contribution in [3.05, 3.63) is 29.8 Å². The molecule has 0 fully saturated rings. The van der Waals surface area contributed by atoms with E-state index in [1.807, 2.05) is 14.1 Å². The Kier molecular flexibility index (Phi) is 5.29. The van der Waals surface area contributed by atoms with E-state index in [1.165, 1.54) is 11.3 Å². The molecule has 0 aliphatic heterocycles. The number of rotatable bonds is 6. The highest BCUT2D eigenvalue weighted by Crippen LogP contribution is 2.12. The monoisotopic (exact) mass is 222 g/mol. The molecule has 0 aliphatic rings. The Morgan fingerprint density at radius 2 is 1.88 bits per heavy atom. The molecule has 0 amide bonds. The zero-order chi connectivity index (χ0) is 12.0. The summed E-state index contributed by atoms with van der Waals surface area (Å²) in [5, 5.41) is 12.4. The second-order valence-electron chi connectivity index (χ2n) is 4.23. The Hall–Kier alpha value is -1.06. The molecule has 90 valence electrons. The summed E-state index contributed by atoms with van der Waals surface area (Å²) in [5.74, 6) is 0. The first-order chi connectivity index (χ1) is 7.67. The minimum absolute atomic E-state index is 0.201. The van der Waals surface area contributed by atoms with Crippen LogP contribution in [0.1, 0.15) is 18.9 Å². The Morgan fingerprint density at radius 1 is 1.25 bits per heavy atom. The summed E-state index contributed by atoms with van der Waals surface area (Å²) in [6.45, 7) is 3.09. The van der Waals surface area contributed by atoms with Gasteiger partial charge in [-0.25, -0.2) is 0 Å². The smallest absolute Gasteiger partial charge is 0.0584 e. The Bertz CT molecular complexity index is 291. The van der Waals surface area contributed by atoms with Crippen molar-refractivity contribution >= 4 is 5.69 Å². The average molecular weight is 222 g/mol. The van der Waals surface area contributed by atoms with Crippen LogP contribution in [0.15, 0.2) is 24.3 Å². The molecule has 3 heteroatoms. The maximum absolute atomic E-state index is 9.05. The van der Waals surface area contributed by atoms with Gasteiger partial charge in [0, 0.05) is 32.4 Å². The molecule has 0 unspecified atom stereocenters. The lowest BCUT2D eigenvalue weighted by molar-refractivity contribution is 0.238. The van der Waals surface area contributed by atoms with E-state index in [-0.39, 0.29) is 12.6 Å². The van der Waals surface area contributed by atoms with Crippen LogP contribution in [0.5, 0.6) is 0 Å². The van der Waals surface area contributed by atoms with Gasteiger partial charge < -0.3 is 15.3 Å². The van der Waals surface area contributed by atoms with Gasteiger partial charge in [0.2, 0.25) is 0 Å². The summed E-state index contributed by atoms with van der Waals surface area (Å²) in [7, 11) is 4.07. The maximum Gasteiger partial charge on any atom is 0.0584 e. The van der Waals surface area contributed by atoms with Gasteiger partial charge in [0.05, 0.1) is 6.61 Å². The Labute approximate surface area is 98.1 Å². The van der Waals surface area contributed by atoms with Crippen molar-refractivity contribution in [3.8, 4) is 0 Å². The molecule has 1 rings (SSSR count). The van der Waals surface area contributed by atoms with E-state index in [1.54, 1.807) is 0 Å². The Morgan fingerprint density at radius 3 is 2.31 bits per heavy atom. The van der Waals surface area contributed by atoms with E-state index in [0.717, 1.165) is 13.0 Å². The molecule has 0 radical (unpaired) electrons. The lowest BCUT2D eigenvalue weighted by atomic mass is 10.1. The summed E-state index contributed by atoms with van der Waals surface area (Å²) in [5.41, 5.74) is 2.45. The number of anilines is 1. The normalized spacial score (nSPS) is 12.5. The lowest BCUT2D eigenvalue weighted by Gasteiger charge is -2.15. The van der Waals surface area contributed by atoms with Crippen LogP contribution in [0, 0.1) is 0 Å². The third-order valence-electron chi connectivity index (χ3n) is 2.76. The van der Waals surface area contributed by atoms with Crippen molar-refractivity contribution < 1.29 is 5.11 Å². The van der Waals surface area contributed by atoms with E-state index < -0.39 is 0 Å². The van der Waals surface area contributed by atoms with Crippen LogP contribution >= 0.6 is 0 Å². The molecule has 1 atom stereocenters. The predicted octanol–water partition coefficient (Wildman–Crippen LogP) is 1.61. The highest BCUT2D eigenvalue weighted by atomic mass is 16.3. The van der Waals surface area contributed by atoms with Crippen molar-refractivity contribution in [2.75, 3.05) is 25.6 Å². The third-order valence-corrected chi connectivity index (χ3v) is 2.76. The number of hydrogen-bond acceptors (Lipinski definition) is 3. The second-order valence-corrected chi connectivity index (χ2v) is 4.23. The minimum atomic E-state index is 0.201. The van der Waals surface area contributed by atoms with E-state index in [0.29, 0.717) is 0 Å². The topological polar surface area (TPSA) is 35.5 Å². The largest absolute Gasteiger partial charge is 0.395 e. The molecule has 0 bridgehead atoms. The zero-order valence-electron chi connectivity index (χ0n) is 10.4. The first kappa shape index (κ1) is 13.0. The molecule has 0 saturated carbocycles. The fraction of sp³-hybridized carbons (Fsp3) is 0.538. The van der Waals surface area contributed by atoms with Crippen LogP contribution < -0.4 is 10.2 Å². The number of aliphatic hydroxyl groups excluding tert-OH is 1. The number of aliphatic hydroxyl groups is 1. The van der Waals surface area contributed by atoms with E-state index >= 15 is 0 Å². The molecular weight excluding hydrogens is 200 g/mol. The second kappa shape index (κ2) is 6.51. The van der Waals surface area contributed by atoms with Gasteiger partial charge in [-0.05, 0) is 24.1 Å². The summed E-state index contributed by atoms with van der Waals surface area (Å²) in [6.07, 6.45) is 0.951. The van der Waals surface area contributed by atoms with E-state index in [4.69, 9.17) is 5.11 Å². The molecule has 16 heavy (non-hydrogen) atoms. The molecule has 0 aromatic heterocycles. The van der Waals surface area contributed by atoms with Gasteiger partial charge in [-0.2, -0.15) is 0 Å². The van der Waals surface area contributed by atoms with Gasteiger partial charge in [0.25, 0.3) is 0 Å². The van der Waals surface area contributed by atoms with Crippen LogP contribution in [0.25, 0.3) is 0 Å². The van der Waals surface area contributed by atoms with Crippen LogP contribution in [-0.4, -0.2) is 31.9 Å². The molecule has 1 aromatic carbocycles. The molecule has 3 nitrogen and oxygen atoms in total. The molecule has 0 heterocycles. The number of hydrogen-bond donors (Lipinski definition) is 2. The standard InChI is InChI=1S/C13H22N2O/c1-4-12(10-16)14-9-11-5-7-13(8-6-11)15(2)3/h5-8,12,14,16H,4,9-10H2,1-3H3/t12-/m1/s1. The van der Waals surface area contributed by atoms with Crippen molar-refractivity contribution in [2.24, 2.45) is 0 Å². The highest BCUT2D eigenvalue weighted by Gasteiger charge is 2.03. The first-order valence-electron chi connectivity index (χ1n) is 5.78. The molecular formula is C13H22N2O. The Balaban J connectivity index is 2.49. The highest BCUT2D eigenvalue weighted by molar-refractivity contribution is 5.45. The predicted molar refractivity (Wildman–Crippen MR) is 68.8 cm³/mol. The van der Waals surface area contributed by atoms with Crippen molar-refractivity contribution in [1.29, 1.82) is 0 Å². The SMILES string of the molecule is CC[C@H](CO)NCc1ccc(N(C)C)cc1. The first-order valence-corrected chi connectivity index (χ1v) is 5.78. The van der Waals surface area contributed by atoms with Crippen LogP contribution in [0.3, 0.4) is 0 Å². The van der Waals surface area contributed by atoms with Gasteiger partial charge in [-0.15, -0.1) is 0 Å². The van der Waals surface area contributed by atoms with Gasteiger partial charge >= 0.3 is 0 Å². The van der Waals surface area contributed by atoms with Gasteiger partial charge in [-0.1, -0.05) is 19.1 Å². The molecule has 2 N–H and O–H groups in total. The number of nitrogens with zero attached hydrogens (tertiary/aromatic N) is 1. The molecule has 0 aliphatic carbocycles. The third kappa shape index (κ3) is 3.83. The van der Waals surface area contributed by atoms with Crippen LogP contribution in [0.2, 0.25) is 0 Å². The molecule has 1 aromatic rings. The summed E-state index contributed by atoms with van der Waals surface area (Å²) in [6, 6.07) is 8.65. The summed E-state index contributed by atoms with van der Waals surface area (Å²) in [4.78, 5) is 2.08.